The van der Waals surface area contributed by atoms with E-state index in [1.165, 1.54) is 11.3 Å². The molecule has 15 heavy (non-hydrogen) atoms. The Morgan fingerprint density at radius 2 is 2.27 bits per heavy atom. The number of furan rings is 1. The van der Waals surface area contributed by atoms with Crippen molar-refractivity contribution in [3.05, 3.63) is 28.8 Å². The highest BCUT2D eigenvalue weighted by Crippen LogP contribution is 2.32. The van der Waals surface area contributed by atoms with Gasteiger partial charge in [-0.1, -0.05) is 0 Å². The van der Waals surface area contributed by atoms with E-state index < -0.39 is 5.97 Å². The summed E-state index contributed by atoms with van der Waals surface area (Å²) in [5, 5.41) is 9.72. The normalized spacial score (nSPS) is 10.5. The predicted octanol–water partition coefficient (Wildman–Crippen LogP) is 2.72. The van der Waals surface area contributed by atoms with Gasteiger partial charge in [-0.3, -0.25) is 0 Å². The lowest BCUT2D eigenvalue weighted by atomic mass is 10.2. The number of aromatic carboxylic acids is 1. The summed E-state index contributed by atoms with van der Waals surface area (Å²) in [7, 11) is 0. The number of aryl methyl sites for hydroxylation is 2. The van der Waals surface area contributed by atoms with Gasteiger partial charge in [0.1, 0.15) is 5.76 Å². The van der Waals surface area contributed by atoms with Crippen LogP contribution in [0.4, 0.5) is 0 Å². The summed E-state index contributed by atoms with van der Waals surface area (Å²) in [6.45, 7) is 3.59. The summed E-state index contributed by atoms with van der Waals surface area (Å²) < 4.78 is 5.15. The first-order valence-corrected chi connectivity index (χ1v) is 5.16. The molecule has 0 spiro atoms. The number of carboxylic acid groups (broad SMARTS) is 1. The molecule has 4 nitrogen and oxygen atoms in total. The molecule has 78 valence electrons. The van der Waals surface area contributed by atoms with Crippen molar-refractivity contribution in [2.75, 3.05) is 0 Å². The summed E-state index contributed by atoms with van der Waals surface area (Å²) in [5.41, 5.74) is 0.903. The molecule has 5 heteroatoms. The Labute approximate surface area is 90.2 Å². The molecular weight excluding hydrogens is 214 g/mol. The van der Waals surface area contributed by atoms with Crippen LogP contribution in [-0.4, -0.2) is 16.1 Å². The van der Waals surface area contributed by atoms with E-state index in [1.807, 2.05) is 0 Å². The Morgan fingerprint density at radius 1 is 1.53 bits per heavy atom. The molecule has 2 heterocycles. The molecule has 0 amide bonds. The van der Waals surface area contributed by atoms with Gasteiger partial charge in [-0.15, -0.1) is 11.3 Å². The molecule has 0 saturated heterocycles. The third kappa shape index (κ3) is 1.66. The first kappa shape index (κ1) is 9.92. The zero-order valence-corrected chi connectivity index (χ0v) is 9.09. The van der Waals surface area contributed by atoms with E-state index in [-0.39, 0.29) is 5.69 Å². The second kappa shape index (κ2) is 3.51. The van der Waals surface area contributed by atoms with E-state index in [1.54, 1.807) is 26.2 Å². The Hall–Kier alpha value is -1.62. The number of hydrogen-bond acceptors (Lipinski definition) is 4. The average Bonchev–Trinajstić information content (AvgIpc) is 2.71. The van der Waals surface area contributed by atoms with Crippen molar-refractivity contribution >= 4 is 17.3 Å². The van der Waals surface area contributed by atoms with Crippen LogP contribution in [0, 0.1) is 13.8 Å². The topological polar surface area (TPSA) is 63.3 Å². The summed E-state index contributed by atoms with van der Waals surface area (Å²) in [5.74, 6) is -0.295. The molecule has 0 radical (unpaired) electrons. The molecule has 0 aromatic carbocycles. The van der Waals surface area contributed by atoms with Crippen LogP contribution in [-0.2, 0) is 0 Å². The minimum absolute atomic E-state index is 0.0991. The smallest absolute Gasteiger partial charge is 0.356 e. The molecule has 2 aromatic rings. The molecule has 1 N–H and O–H groups in total. The van der Waals surface area contributed by atoms with Gasteiger partial charge in [0.25, 0.3) is 0 Å². The molecular formula is C10H9NO3S. The molecule has 0 aliphatic rings. The van der Waals surface area contributed by atoms with Crippen LogP contribution in [0.25, 0.3) is 10.4 Å². The Kier molecular flexibility index (Phi) is 2.32. The fraction of sp³-hybridized carbons (Fsp3) is 0.200. The van der Waals surface area contributed by atoms with Crippen LogP contribution in [0.5, 0.6) is 0 Å². The Bertz CT molecular complexity index is 512. The number of carboxylic acids is 1. The zero-order valence-electron chi connectivity index (χ0n) is 8.27. The van der Waals surface area contributed by atoms with E-state index in [9.17, 15) is 4.79 Å². The van der Waals surface area contributed by atoms with E-state index >= 15 is 0 Å². The minimum atomic E-state index is -1.00. The van der Waals surface area contributed by atoms with Gasteiger partial charge in [-0.25, -0.2) is 9.78 Å². The van der Waals surface area contributed by atoms with Crippen molar-refractivity contribution in [2.45, 2.75) is 13.8 Å². The zero-order chi connectivity index (χ0) is 11.0. The van der Waals surface area contributed by atoms with Crippen molar-refractivity contribution in [3.8, 4) is 10.4 Å². The summed E-state index contributed by atoms with van der Waals surface area (Å²) in [4.78, 5) is 15.6. The second-order valence-corrected chi connectivity index (χ2v) is 4.31. The van der Waals surface area contributed by atoms with Gasteiger partial charge in [-0.05, 0) is 19.9 Å². The molecule has 0 atom stereocenters. The lowest BCUT2D eigenvalue weighted by Gasteiger charge is -1.95. The van der Waals surface area contributed by atoms with E-state index in [2.05, 4.69) is 4.98 Å². The lowest BCUT2D eigenvalue weighted by Crippen LogP contribution is -1.98. The third-order valence-electron chi connectivity index (χ3n) is 2.04. The molecule has 0 saturated carbocycles. The van der Waals surface area contributed by atoms with Crippen molar-refractivity contribution in [2.24, 2.45) is 0 Å². The van der Waals surface area contributed by atoms with E-state index in [0.29, 0.717) is 10.6 Å². The number of hydrogen-bond donors (Lipinski definition) is 1. The maximum Gasteiger partial charge on any atom is 0.356 e. The van der Waals surface area contributed by atoms with Crippen LogP contribution in [0.1, 0.15) is 21.3 Å². The predicted molar refractivity (Wildman–Crippen MR) is 56.2 cm³/mol. The Morgan fingerprint density at radius 3 is 2.80 bits per heavy atom. The maximum atomic E-state index is 11.0. The van der Waals surface area contributed by atoms with Crippen molar-refractivity contribution in [1.82, 2.24) is 4.98 Å². The largest absolute Gasteiger partial charge is 0.476 e. The van der Waals surface area contributed by atoms with Gasteiger partial charge in [-0.2, -0.15) is 0 Å². The molecule has 0 bridgehead atoms. The number of aromatic nitrogens is 1. The average molecular weight is 223 g/mol. The Balaban J connectivity index is 2.62. The molecule has 0 unspecified atom stereocenters. The van der Waals surface area contributed by atoms with Crippen LogP contribution < -0.4 is 0 Å². The summed E-state index contributed by atoms with van der Waals surface area (Å²) in [6.07, 6.45) is 1.55. The SMILES string of the molecule is Cc1nc(C(=O)O)c(-c2ccoc2C)s1. The molecule has 0 fully saturated rings. The first-order chi connectivity index (χ1) is 7.09. The monoisotopic (exact) mass is 223 g/mol. The highest BCUT2D eigenvalue weighted by molar-refractivity contribution is 7.15. The van der Waals surface area contributed by atoms with Crippen molar-refractivity contribution < 1.29 is 14.3 Å². The molecule has 0 aliphatic heterocycles. The standard InChI is InChI=1S/C10H9NO3S/c1-5-7(3-4-14-5)9-8(10(12)13)11-6(2)15-9/h3-4H,1-2H3,(H,12,13). The van der Waals surface area contributed by atoms with E-state index in [0.717, 1.165) is 10.6 Å². The van der Waals surface area contributed by atoms with Crippen LogP contribution >= 0.6 is 11.3 Å². The first-order valence-electron chi connectivity index (χ1n) is 4.35. The highest BCUT2D eigenvalue weighted by atomic mass is 32.1. The fourth-order valence-electron chi connectivity index (χ4n) is 1.38. The van der Waals surface area contributed by atoms with E-state index in [4.69, 9.17) is 9.52 Å². The van der Waals surface area contributed by atoms with Crippen LogP contribution in [0.3, 0.4) is 0 Å². The summed E-state index contributed by atoms with van der Waals surface area (Å²) in [6, 6.07) is 1.76. The van der Waals surface area contributed by atoms with Gasteiger partial charge in [0.15, 0.2) is 5.69 Å². The molecule has 0 aliphatic carbocycles. The molecule has 2 aromatic heterocycles. The maximum absolute atomic E-state index is 11.0. The van der Waals surface area contributed by atoms with Gasteiger partial charge < -0.3 is 9.52 Å². The van der Waals surface area contributed by atoms with Gasteiger partial charge in [0.2, 0.25) is 0 Å². The summed E-state index contributed by atoms with van der Waals surface area (Å²) >= 11 is 1.36. The van der Waals surface area contributed by atoms with Crippen molar-refractivity contribution in [1.29, 1.82) is 0 Å². The van der Waals surface area contributed by atoms with Crippen LogP contribution in [0.15, 0.2) is 16.7 Å². The van der Waals surface area contributed by atoms with Gasteiger partial charge >= 0.3 is 5.97 Å². The van der Waals surface area contributed by atoms with Crippen LogP contribution in [0.2, 0.25) is 0 Å². The number of carbonyl (C=O) groups is 1. The number of thiazole rings is 1. The molecule has 2 rings (SSSR count). The second-order valence-electron chi connectivity index (χ2n) is 3.11. The van der Waals surface area contributed by atoms with Crippen molar-refractivity contribution in [3.63, 3.8) is 0 Å². The number of rotatable bonds is 2. The quantitative estimate of drug-likeness (QED) is 0.850. The van der Waals surface area contributed by atoms with Gasteiger partial charge in [0.05, 0.1) is 16.1 Å². The number of nitrogens with zero attached hydrogens (tertiary/aromatic N) is 1. The lowest BCUT2D eigenvalue weighted by molar-refractivity contribution is 0.0692. The van der Waals surface area contributed by atoms with Gasteiger partial charge in [0, 0.05) is 5.56 Å². The highest BCUT2D eigenvalue weighted by Gasteiger charge is 2.19. The minimum Gasteiger partial charge on any atom is -0.476 e. The third-order valence-corrected chi connectivity index (χ3v) is 3.04. The fourth-order valence-corrected chi connectivity index (χ4v) is 2.36.